The van der Waals surface area contributed by atoms with Gasteiger partial charge < -0.3 is 9.47 Å². The third-order valence-corrected chi connectivity index (χ3v) is 5.36. The Morgan fingerprint density at radius 1 is 0.732 bits per heavy atom. The van der Waals surface area contributed by atoms with Gasteiger partial charge in [-0.2, -0.15) is 52.1 Å². The van der Waals surface area contributed by atoms with E-state index >= 15 is 0 Å². The molecular weight excluding hydrogens is 631 g/mol. The van der Waals surface area contributed by atoms with Crippen LogP contribution in [-0.2, 0) is 30.0 Å². The van der Waals surface area contributed by atoms with E-state index in [0.29, 0.717) is 0 Å². The summed E-state index contributed by atoms with van der Waals surface area (Å²) in [6.07, 6.45) is -10.2. The third-order valence-electron chi connectivity index (χ3n) is 4.32. The lowest BCUT2D eigenvalue weighted by Crippen LogP contribution is -2.28. The van der Waals surface area contributed by atoms with E-state index in [9.17, 15) is 52.1 Å². The molecule has 0 saturated carbocycles. The summed E-state index contributed by atoms with van der Waals surface area (Å²) in [5.74, 6) is 0.133. The maximum atomic E-state index is 13.2. The van der Waals surface area contributed by atoms with Gasteiger partial charge in [0.1, 0.15) is 11.5 Å². The molecule has 0 aliphatic rings. The summed E-state index contributed by atoms with van der Waals surface area (Å²) in [6, 6.07) is 7.69. The standard InChI is InChI=1S/C20H15F9N2O8S2/c21-18(22,23)16(30-38-40(32)33)12-2-6-14(7-3-12)36-10-1-11-37-15-8-4-13(5-9-15)17(19(24,25)26)31-39-41(34,35)20(27,28)29/h2-9H,1,10-11H2,(H,32,33). The molecule has 0 bridgehead atoms. The largest absolute Gasteiger partial charge is 0.536 e. The number of hydrogen-bond donors (Lipinski definition) is 1. The van der Waals surface area contributed by atoms with Crippen molar-refractivity contribution in [1.82, 2.24) is 0 Å². The predicted octanol–water partition coefficient (Wildman–Crippen LogP) is 5.09. The molecular formula is C20H15F9N2O8S2. The number of oxime groups is 2. The fourth-order valence-corrected chi connectivity index (χ4v) is 2.99. The quantitative estimate of drug-likeness (QED) is 0.0843. The predicted molar refractivity (Wildman–Crippen MR) is 122 cm³/mol. The summed E-state index contributed by atoms with van der Waals surface area (Å²) in [7, 11) is -6.42. The average Bonchev–Trinajstić information content (AvgIpc) is 2.83. The highest BCUT2D eigenvalue weighted by Crippen LogP contribution is 2.28. The second-order valence-corrected chi connectivity index (χ2v) is 9.34. The Bertz CT molecular complexity index is 1360. The Morgan fingerprint density at radius 3 is 1.46 bits per heavy atom. The molecule has 0 saturated heterocycles. The van der Waals surface area contributed by atoms with Crippen molar-refractivity contribution < 1.29 is 74.7 Å². The van der Waals surface area contributed by atoms with Gasteiger partial charge in [0, 0.05) is 17.5 Å². The molecule has 0 amide bonds. The highest BCUT2D eigenvalue weighted by molar-refractivity contribution is 7.87. The van der Waals surface area contributed by atoms with E-state index in [0.717, 1.165) is 48.5 Å². The molecule has 0 aromatic heterocycles. The van der Waals surface area contributed by atoms with E-state index in [4.69, 9.17) is 14.0 Å². The van der Waals surface area contributed by atoms with Gasteiger partial charge in [-0.3, -0.25) is 13.1 Å². The van der Waals surface area contributed by atoms with Gasteiger partial charge in [-0.05, 0) is 48.5 Å². The first-order chi connectivity index (χ1) is 18.8. The number of alkyl halides is 9. The van der Waals surface area contributed by atoms with Crippen LogP contribution in [0.5, 0.6) is 11.5 Å². The number of benzene rings is 2. The van der Waals surface area contributed by atoms with Crippen LogP contribution in [0.2, 0.25) is 0 Å². The Hall–Kier alpha value is -3.59. The minimum atomic E-state index is -6.42. The molecule has 1 N–H and O–H groups in total. The van der Waals surface area contributed by atoms with Gasteiger partial charge in [0.25, 0.3) is 0 Å². The molecule has 1 unspecified atom stereocenters. The third kappa shape index (κ3) is 10.4. The summed E-state index contributed by atoms with van der Waals surface area (Å²) in [4.78, 5) is 0. The molecule has 228 valence electrons. The van der Waals surface area contributed by atoms with Crippen molar-refractivity contribution in [3.8, 4) is 11.5 Å². The van der Waals surface area contributed by atoms with Crippen LogP contribution in [0.4, 0.5) is 39.5 Å². The molecule has 2 rings (SSSR count). The Morgan fingerprint density at radius 2 is 1.12 bits per heavy atom. The van der Waals surface area contributed by atoms with Gasteiger partial charge in [-0.15, -0.1) is 0 Å². The molecule has 0 aliphatic heterocycles. The van der Waals surface area contributed by atoms with Gasteiger partial charge in [-0.25, -0.2) is 0 Å². The average molecular weight is 646 g/mol. The van der Waals surface area contributed by atoms with Gasteiger partial charge in [0.15, 0.2) is 11.4 Å². The van der Waals surface area contributed by atoms with E-state index in [-0.39, 0.29) is 31.1 Å². The van der Waals surface area contributed by atoms with Crippen LogP contribution in [0.25, 0.3) is 0 Å². The zero-order valence-corrected chi connectivity index (χ0v) is 21.3. The first-order valence-electron chi connectivity index (χ1n) is 10.4. The number of nitrogens with zero attached hydrogens (tertiary/aromatic N) is 2. The van der Waals surface area contributed by atoms with Gasteiger partial charge >= 0.3 is 39.3 Å². The molecule has 41 heavy (non-hydrogen) atoms. The van der Waals surface area contributed by atoms with Crippen LogP contribution in [0.1, 0.15) is 17.5 Å². The number of halogens is 9. The summed E-state index contributed by atoms with van der Waals surface area (Å²) in [5.41, 5.74) is -10.9. The Balaban J connectivity index is 1.94. The first-order valence-corrected chi connectivity index (χ1v) is 12.8. The van der Waals surface area contributed by atoms with Crippen molar-refractivity contribution in [3.63, 3.8) is 0 Å². The lowest BCUT2D eigenvalue weighted by molar-refractivity contribution is -0.0634. The smallest absolute Gasteiger partial charge is 0.493 e. The molecule has 0 fully saturated rings. The summed E-state index contributed by atoms with van der Waals surface area (Å²) in [6.45, 7) is -0.0920. The molecule has 0 radical (unpaired) electrons. The van der Waals surface area contributed by atoms with Crippen LogP contribution in [0, 0.1) is 0 Å². The first kappa shape index (κ1) is 33.6. The number of ether oxygens (including phenoxy) is 2. The van der Waals surface area contributed by atoms with Gasteiger partial charge in [0.2, 0.25) is 0 Å². The normalized spacial score (nSPS) is 14.4. The van der Waals surface area contributed by atoms with Gasteiger partial charge in [-0.1, -0.05) is 10.3 Å². The van der Waals surface area contributed by atoms with Crippen LogP contribution in [0.15, 0.2) is 58.8 Å². The monoisotopic (exact) mass is 646 g/mol. The van der Waals surface area contributed by atoms with E-state index < -0.39 is 61.9 Å². The molecule has 0 aliphatic carbocycles. The van der Waals surface area contributed by atoms with Crippen LogP contribution < -0.4 is 9.47 Å². The molecule has 21 heteroatoms. The highest BCUT2D eigenvalue weighted by atomic mass is 32.2. The zero-order valence-electron chi connectivity index (χ0n) is 19.7. The van der Waals surface area contributed by atoms with Crippen molar-refractivity contribution in [1.29, 1.82) is 0 Å². The van der Waals surface area contributed by atoms with Gasteiger partial charge in [0.05, 0.1) is 13.2 Å². The van der Waals surface area contributed by atoms with Crippen molar-refractivity contribution in [2.75, 3.05) is 13.2 Å². The topological polar surface area (TPSA) is 133 Å². The highest BCUT2D eigenvalue weighted by Gasteiger charge is 2.50. The van der Waals surface area contributed by atoms with E-state index in [1.165, 1.54) is 0 Å². The van der Waals surface area contributed by atoms with Crippen molar-refractivity contribution in [2.24, 2.45) is 10.3 Å². The summed E-state index contributed by atoms with van der Waals surface area (Å²) >= 11 is -3.07. The lowest BCUT2D eigenvalue weighted by atomic mass is 10.1. The molecule has 0 heterocycles. The second-order valence-electron chi connectivity index (χ2n) is 7.24. The van der Waals surface area contributed by atoms with E-state index in [2.05, 4.69) is 18.9 Å². The van der Waals surface area contributed by atoms with E-state index in [1.807, 2.05) is 0 Å². The summed E-state index contributed by atoms with van der Waals surface area (Å²) in [5, 5.41) is 4.74. The Kier molecular flexibility index (Phi) is 11.0. The van der Waals surface area contributed by atoms with E-state index in [1.54, 1.807) is 0 Å². The van der Waals surface area contributed by atoms with Crippen molar-refractivity contribution >= 4 is 32.9 Å². The molecule has 0 spiro atoms. The molecule has 2 aromatic rings. The number of rotatable bonds is 12. The van der Waals surface area contributed by atoms with Crippen LogP contribution >= 0.6 is 0 Å². The molecule has 1 atom stereocenters. The minimum absolute atomic E-state index is 0.00783. The van der Waals surface area contributed by atoms with Crippen LogP contribution in [-0.4, -0.2) is 59.7 Å². The zero-order chi connectivity index (χ0) is 31.1. The fourth-order valence-electron chi connectivity index (χ4n) is 2.59. The lowest BCUT2D eigenvalue weighted by Gasteiger charge is -2.12. The molecule has 2 aromatic carbocycles. The minimum Gasteiger partial charge on any atom is -0.493 e. The fraction of sp³-hybridized carbons (Fsp3) is 0.300. The summed E-state index contributed by atoms with van der Waals surface area (Å²) < 4.78 is 174. The number of hydrogen-bond acceptors (Lipinski definition) is 9. The van der Waals surface area contributed by atoms with Crippen molar-refractivity contribution in [3.05, 3.63) is 59.7 Å². The van der Waals surface area contributed by atoms with Crippen molar-refractivity contribution in [2.45, 2.75) is 24.3 Å². The maximum Gasteiger partial charge on any atom is 0.536 e. The van der Waals surface area contributed by atoms with Crippen LogP contribution in [0.3, 0.4) is 0 Å². The SMILES string of the molecule is O=S(O)ON=C(c1ccc(OCCCOc2ccc(C(=NOS(=O)(=O)C(F)(F)F)C(F)(F)F)cc2)cc1)C(F)(F)F. The molecule has 10 nitrogen and oxygen atoms in total. The Labute approximate surface area is 226 Å². The second kappa shape index (κ2) is 13.4. The maximum absolute atomic E-state index is 13.2.